The Balaban J connectivity index is 1.34. The van der Waals surface area contributed by atoms with Gasteiger partial charge in [-0.1, -0.05) is 30.3 Å². The number of benzene rings is 1. The van der Waals surface area contributed by atoms with Crippen molar-refractivity contribution in [3.05, 3.63) is 86.7 Å². The average Bonchev–Trinajstić information content (AvgIpc) is 3.36. The van der Waals surface area contributed by atoms with Crippen LogP contribution in [0.3, 0.4) is 0 Å². The van der Waals surface area contributed by atoms with Gasteiger partial charge in [0, 0.05) is 34.3 Å². The van der Waals surface area contributed by atoms with Crippen molar-refractivity contribution in [1.29, 1.82) is 0 Å². The van der Waals surface area contributed by atoms with Crippen LogP contribution in [0.4, 0.5) is 0 Å². The number of nitrogens with zero attached hydrogens (tertiary/aromatic N) is 4. The van der Waals surface area contributed by atoms with E-state index in [1.165, 1.54) is 17.3 Å². The van der Waals surface area contributed by atoms with E-state index in [1.54, 1.807) is 4.52 Å². The van der Waals surface area contributed by atoms with Gasteiger partial charge in [0.1, 0.15) is 0 Å². The lowest BCUT2D eigenvalue weighted by Crippen LogP contribution is -2.32. The highest BCUT2D eigenvalue weighted by molar-refractivity contribution is 5.79. The molecule has 32 heavy (non-hydrogen) atoms. The van der Waals surface area contributed by atoms with Crippen molar-refractivity contribution in [2.75, 3.05) is 0 Å². The fraction of sp³-hybridized carbons (Fsp3) is 0.333. The molecule has 0 saturated carbocycles. The Morgan fingerprint density at radius 1 is 1.25 bits per heavy atom. The summed E-state index contributed by atoms with van der Waals surface area (Å²) in [5, 5.41) is 10.6. The summed E-state index contributed by atoms with van der Waals surface area (Å²) in [6.07, 6.45) is 4.99. The molecule has 1 unspecified atom stereocenters. The molecule has 3 aromatic heterocycles. The molecule has 0 bridgehead atoms. The normalized spacial score (nSPS) is 15.6. The van der Waals surface area contributed by atoms with Crippen molar-refractivity contribution in [3.63, 3.8) is 0 Å². The summed E-state index contributed by atoms with van der Waals surface area (Å²) in [5.41, 5.74) is 6.30. The molecule has 0 radical (unpaired) electrons. The monoisotopic (exact) mass is 430 g/mol. The maximum absolute atomic E-state index is 13.0. The van der Waals surface area contributed by atoms with Crippen LogP contribution in [0.1, 0.15) is 52.7 Å². The highest BCUT2D eigenvalue weighted by atomic mass is 16.1. The molecule has 1 aromatic carbocycles. The fourth-order valence-electron chi connectivity index (χ4n) is 4.68. The molecule has 2 N–H and O–H groups in total. The number of hydrogen-bond donors (Lipinski definition) is 2. The smallest absolute Gasteiger partial charge is 0.266 e. The predicted octanol–water partition coefficient (Wildman–Crippen LogP) is 2.62. The summed E-state index contributed by atoms with van der Waals surface area (Å²) >= 11 is 0. The molecule has 164 valence electrons. The van der Waals surface area contributed by atoms with Gasteiger partial charge in [-0.15, -0.1) is 0 Å². The van der Waals surface area contributed by atoms with Gasteiger partial charge in [-0.05, 0) is 38.7 Å². The Morgan fingerprint density at radius 3 is 2.88 bits per heavy atom. The molecule has 1 aliphatic rings. The number of nitrogens with one attached hydrogen (secondary N) is 2. The van der Waals surface area contributed by atoms with E-state index in [2.05, 4.69) is 37.3 Å². The largest absolute Gasteiger partial charge is 0.349 e. The predicted molar refractivity (Wildman–Crippen MR) is 121 cm³/mol. The van der Waals surface area contributed by atoms with Gasteiger partial charge in [0.05, 0.1) is 25.2 Å². The first-order chi connectivity index (χ1) is 15.5. The third kappa shape index (κ3) is 3.72. The second kappa shape index (κ2) is 8.11. The molecule has 0 saturated heterocycles. The number of aromatic amines is 1. The van der Waals surface area contributed by atoms with Crippen LogP contribution in [-0.2, 0) is 24.2 Å². The quantitative estimate of drug-likeness (QED) is 0.509. The second-order valence-electron chi connectivity index (χ2n) is 8.45. The number of H-pyrrole nitrogens is 1. The highest BCUT2D eigenvalue weighted by Gasteiger charge is 2.26. The Labute approximate surface area is 185 Å². The van der Waals surface area contributed by atoms with Gasteiger partial charge in [-0.3, -0.25) is 19.4 Å². The number of rotatable bonds is 5. The van der Waals surface area contributed by atoms with Gasteiger partial charge in [0.15, 0.2) is 5.65 Å². The van der Waals surface area contributed by atoms with Crippen LogP contribution in [0.15, 0.2) is 47.4 Å². The maximum atomic E-state index is 13.0. The van der Waals surface area contributed by atoms with Gasteiger partial charge < -0.3 is 5.32 Å². The Morgan fingerprint density at radius 2 is 2.06 bits per heavy atom. The van der Waals surface area contributed by atoms with E-state index >= 15 is 0 Å². The molecule has 0 spiro atoms. The van der Waals surface area contributed by atoms with Crippen molar-refractivity contribution in [3.8, 4) is 0 Å². The van der Waals surface area contributed by atoms with Crippen LogP contribution in [0.5, 0.6) is 0 Å². The van der Waals surface area contributed by atoms with E-state index in [-0.39, 0.29) is 23.9 Å². The first-order valence-corrected chi connectivity index (χ1v) is 11.0. The Kier molecular flexibility index (Phi) is 5.13. The van der Waals surface area contributed by atoms with E-state index in [1.807, 2.05) is 38.2 Å². The number of amides is 1. The van der Waals surface area contributed by atoms with Crippen LogP contribution in [0, 0.1) is 13.8 Å². The summed E-state index contributed by atoms with van der Waals surface area (Å²) in [5.74, 6) is -0.0551. The SMILES string of the molecule is Cc1nc2cc(=O)[nH]n2c(C)c1CC(=O)NC1CCCc2c1cnn2Cc1ccccc1. The van der Waals surface area contributed by atoms with Crippen LogP contribution in [0.25, 0.3) is 5.65 Å². The van der Waals surface area contributed by atoms with E-state index in [9.17, 15) is 9.59 Å². The Hall–Kier alpha value is -3.68. The lowest BCUT2D eigenvalue weighted by Gasteiger charge is -2.24. The first-order valence-electron chi connectivity index (χ1n) is 11.0. The number of aryl methyl sites for hydroxylation is 2. The van der Waals surface area contributed by atoms with Gasteiger partial charge in [-0.25, -0.2) is 9.50 Å². The summed E-state index contributed by atoms with van der Waals surface area (Å²) in [7, 11) is 0. The van der Waals surface area contributed by atoms with Crippen molar-refractivity contribution < 1.29 is 4.79 Å². The standard InChI is InChI=1S/C24H26N6O2/c1-15-18(16(2)30-22(26-15)12-24(32)28-30)11-23(31)27-20-9-6-10-21-19(20)13-25-29(21)14-17-7-4-3-5-8-17/h3-5,7-8,12-13,20H,6,9-11,14H2,1-2H3,(H,27,31)(H,28,32). The molecule has 0 aliphatic heterocycles. The second-order valence-corrected chi connectivity index (χ2v) is 8.45. The summed E-state index contributed by atoms with van der Waals surface area (Å²) < 4.78 is 3.70. The molecule has 3 heterocycles. The van der Waals surface area contributed by atoms with Crippen LogP contribution in [0.2, 0.25) is 0 Å². The molecule has 1 amide bonds. The zero-order chi connectivity index (χ0) is 22.2. The molecule has 4 aromatic rings. The number of fused-ring (bicyclic) bond motifs is 2. The third-order valence-corrected chi connectivity index (χ3v) is 6.31. The molecule has 8 nitrogen and oxygen atoms in total. The van der Waals surface area contributed by atoms with Crippen molar-refractivity contribution >= 4 is 11.6 Å². The summed E-state index contributed by atoms with van der Waals surface area (Å²) in [4.78, 5) is 29.1. The molecule has 5 rings (SSSR count). The summed E-state index contributed by atoms with van der Waals surface area (Å²) in [6, 6.07) is 11.7. The lowest BCUT2D eigenvalue weighted by atomic mass is 9.92. The zero-order valence-corrected chi connectivity index (χ0v) is 18.3. The van der Waals surface area contributed by atoms with Gasteiger partial charge in [0.2, 0.25) is 5.91 Å². The maximum Gasteiger partial charge on any atom is 0.266 e. The third-order valence-electron chi connectivity index (χ3n) is 6.31. The van der Waals surface area contributed by atoms with Crippen LogP contribution < -0.4 is 10.9 Å². The van der Waals surface area contributed by atoms with Crippen molar-refractivity contribution in [1.82, 2.24) is 29.7 Å². The number of hydrogen-bond acceptors (Lipinski definition) is 4. The van der Waals surface area contributed by atoms with Gasteiger partial charge in [0.25, 0.3) is 5.56 Å². The highest BCUT2D eigenvalue weighted by Crippen LogP contribution is 2.30. The van der Waals surface area contributed by atoms with Crippen LogP contribution in [-0.4, -0.2) is 30.3 Å². The molecule has 1 aliphatic carbocycles. The number of carbonyl (C=O) groups excluding carboxylic acids is 1. The zero-order valence-electron chi connectivity index (χ0n) is 18.3. The van der Waals surface area contributed by atoms with Crippen molar-refractivity contribution in [2.45, 2.75) is 52.1 Å². The van der Waals surface area contributed by atoms with Crippen LogP contribution >= 0.6 is 0 Å². The molecule has 8 heteroatoms. The molecule has 0 fully saturated rings. The van der Waals surface area contributed by atoms with E-state index in [0.29, 0.717) is 5.65 Å². The minimum absolute atomic E-state index is 0.0422. The molecular formula is C24H26N6O2. The molecule has 1 atom stereocenters. The topological polar surface area (TPSA) is 97.1 Å². The first kappa shape index (κ1) is 20.2. The summed E-state index contributed by atoms with van der Waals surface area (Å²) in [6.45, 7) is 4.50. The molecular weight excluding hydrogens is 404 g/mol. The van der Waals surface area contributed by atoms with Gasteiger partial charge >= 0.3 is 0 Å². The van der Waals surface area contributed by atoms with E-state index in [0.717, 1.165) is 48.3 Å². The Bertz CT molecular complexity index is 1350. The van der Waals surface area contributed by atoms with Crippen molar-refractivity contribution in [2.24, 2.45) is 0 Å². The fourth-order valence-corrected chi connectivity index (χ4v) is 4.68. The average molecular weight is 431 g/mol. The minimum atomic E-state index is -0.205. The lowest BCUT2D eigenvalue weighted by molar-refractivity contribution is -0.121. The number of aromatic nitrogens is 5. The number of carbonyl (C=O) groups is 1. The van der Waals surface area contributed by atoms with Gasteiger partial charge in [-0.2, -0.15) is 5.10 Å². The van der Waals surface area contributed by atoms with E-state index < -0.39 is 0 Å². The van der Waals surface area contributed by atoms with E-state index in [4.69, 9.17) is 0 Å². The minimum Gasteiger partial charge on any atom is -0.349 e.